The summed E-state index contributed by atoms with van der Waals surface area (Å²) in [6.07, 6.45) is 13.2. The second kappa shape index (κ2) is 17.2. The van der Waals surface area contributed by atoms with Crippen molar-refractivity contribution < 1.29 is 4.79 Å². The molecule has 138 valence electrons. The molecule has 0 aromatic heterocycles. The molecule has 0 unspecified atom stereocenters. The zero-order valence-corrected chi connectivity index (χ0v) is 17.3. The summed E-state index contributed by atoms with van der Waals surface area (Å²) in [5, 5.41) is 2.62. The van der Waals surface area contributed by atoms with Gasteiger partial charge in [0.1, 0.15) is 5.88 Å². The van der Waals surface area contributed by atoms with Crippen LogP contribution in [-0.4, -0.2) is 30.3 Å². The zero-order valence-electron chi connectivity index (χ0n) is 15.7. The Labute approximate surface area is 155 Å². The van der Waals surface area contributed by atoms with Crippen LogP contribution in [0.15, 0.2) is 30.3 Å². The second-order valence-corrected chi connectivity index (χ2v) is 8.90. The van der Waals surface area contributed by atoms with Crippen molar-refractivity contribution in [2.45, 2.75) is 59.3 Å². The van der Waals surface area contributed by atoms with Gasteiger partial charge in [-0.1, -0.05) is 58.2 Å². The lowest BCUT2D eigenvalue weighted by Gasteiger charge is -2.16. The number of anilines is 1. The number of carbonyl (C=O) groups is 1. The minimum absolute atomic E-state index is 0.00507. The summed E-state index contributed by atoms with van der Waals surface area (Å²) >= 11 is 5.29. The van der Waals surface area contributed by atoms with Crippen LogP contribution in [0.1, 0.15) is 59.3 Å². The molecule has 1 aromatic rings. The lowest BCUT2D eigenvalue weighted by molar-refractivity contribution is -0.113. The average molecular weight is 372 g/mol. The Kier molecular flexibility index (Phi) is 16.8. The highest BCUT2D eigenvalue weighted by atomic mass is 35.5. The van der Waals surface area contributed by atoms with Crippen LogP contribution in [-0.2, 0) is 4.79 Å². The summed E-state index contributed by atoms with van der Waals surface area (Å²) in [5.74, 6) is -0.188. The smallest absolute Gasteiger partial charge is 0.239 e. The van der Waals surface area contributed by atoms with E-state index in [2.05, 4.69) is 26.1 Å². The first kappa shape index (κ1) is 23.4. The number of carbonyl (C=O) groups excluding carboxylic acids is 1. The Morgan fingerprint density at radius 2 is 1.38 bits per heavy atom. The molecular formula is C20H35ClNOP. The van der Waals surface area contributed by atoms with Crippen molar-refractivity contribution in [1.29, 1.82) is 0 Å². The minimum atomic E-state index is -0.183. The van der Waals surface area contributed by atoms with Gasteiger partial charge in [0.25, 0.3) is 0 Å². The third-order valence-electron chi connectivity index (χ3n) is 3.66. The molecule has 0 aliphatic rings. The number of hydrogen-bond acceptors (Lipinski definition) is 1. The van der Waals surface area contributed by atoms with E-state index >= 15 is 0 Å². The number of para-hydroxylation sites is 1. The quantitative estimate of drug-likeness (QED) is 0.339. The molecule has 1 rings (SSSR count). The Balaban J connectivity index is 0.000000446. The van der Waals surface area contributed by atoms with E-state index < -0.39 is 0 Å². The summed E-state index contributed by atoms with van der Waals surface area (Å²) < 4.78 is 0. The maximum absolute atomic E-state index is 10.7. The number of nitrogens with one attached hydrogen (secondary N) is 1. The summed E-state index contributed by atoms with van der Waals surface area (Å²) in [5.41, 5.74) is 0.776. The molecule has 0 radical (unpaired) electrons. The Morgan fingerprint density at radius 1 is 0.917 bits per heavy atom. The lowest BCUT2D eigenvalue weighted by atomic mass is 10.3. The monoisotopic (exact) mass is 371 g/mol. The van der Waals surface area contributed by atoms with Crippen LogP contribution < -0.4 is 5.32 Å². The Hall–Kier alpha value is -0.590. The van der Waals surface area contributed by atoms with Gasteiger partial charge in [-0.2, -0.15) is 0 Å². The lowest BCUT2D eigenvalue weighted by Crippen LogP contribution is -2.12. The number of alkyl halides is 1. The van der Waals surface area contributed by atoms with Gasteiger partial charge in [-0.25, -0.2) is 0 Å². The maximum Gasteiger partial charge on any atom is 0.239 e. The van der Waals surface area contributed by atoms with E-state index in [1.54, 1.807) is 18.5 Å². The number of amides is 1. The maximum atomic E-state index is 10.7. The molecule has 0 aliphatic carbocycles. The highest BCUT2D eigenvalue weighted by Gasteiger charge is 2.05. The molecule has 24 heavy (non-hydrogen) atoms. The predicted molar refractivity (Wildman–Crippen MR) is 112 cm³/mol. The summed E-state index contributed by atoms with van der Waals surface area (Å²) in [6.45, 7) is 6.94. The molecule has 1 amide bonds. The van der Waals surface area contributed by atoms with E-state index in [-0.39, 0.29) is 11.8 Å². The van der Waals surface area contributed by atoms with E-state index in [1.165, 1.54) is 38.5 Å². The molecule has 0 atom stereocenters. The molecule has 1 N–H and O–H groups in total. The number of halogens is 1. The van der Waals surface area contributed by atoms with E-state index in [1.807, 2.05) is 30.3 Å². The molecule has 0 saturated heterocycles. The van der Waals surface area contributed by atoms with Crippen molar-refractivity contribution in [3.63, 3.8) is 0 Å². The highest BCUT2D eigenvalue weighted by Crippen LogP contribution is 2.38. The third-order valence-corrected chi connectivity index (χ3v) is 6.75. The summed E-state index contributed by atoms with van der Waals surface area (Å²) in [7, 11) is 0.422. The van der Waals surface area contributed by atoms with Gasteiger partial charge < -0.3 is 5.32 Å². The second-order valence-electron chi connectivity index (χ2n) is 5.95. The molecule has 2 nitrogen and oxygen atoms in total. The van der Waals surface area contributed by atoms with Crippen LogP contribution in [0.25, 0.3) is 0 Å². The van der Waals surface area contributed by atoms with E-state index in [0.29, 0.717) is 7.92 Å². The number of unbranched alkanes of at least 4 members (excludes halogenated alkanes) is 3. The van der Waals surface area contributed by atoms with Crippen molar-refractivity contribution in [2.75, 3.05) is 29.7 Å². The molecule has 1 aromatic carbocycles. The van der Waals surface area contributed by atoms with Crippen molar-refractivity contribution in [1.82, 2.24) is 0 Å². The van der Waals surface area contributed by atoms with Crippen LogP contribution in [0, 0.1) is 0 Å². The molecular weight excluding hydrogens is 337 g/mol. The Morgan fingerprint density at radius 3 is 1.75 bits per heavy atom. The van der Waals surface area contributed by atoms with Gasteiger partial charge in [0.05, 0.1) is 0 Å². The SMILES string of the molecule is CCCCP(CCCC)CCCC.O=C(CCl)Nc1ccccc1. The molecule has 0 aliphatic heterocycles. The average Bonchev–Trinajstić information content (AvgIpc) is 2.62. The van der Waals surface area contributed by atoms with Gasteiger partial charge in [0.2, 0.25) is 5.91 Å². The molecule has 4 heteroatoms. The fourth-order valence-corrected chi connectivity index (χ4v) is 5.22. The standard InChI is InChI=1S/C12H27P.C8H8ClNO/c1-4-7-10-13(11-8-5-2)12-9-6-3;9-6-8(11)10-7-4-2-1-3-5-7/h4-12H2,1-3H3;1-5H,6H2,(H,10,11). The van der Waals surface area contributed by atoms with Crippen LogP contribution in [0.3, 0.4) is 0 Å². The third kappa shape index (κ3) is 13.8. The van der Waals surface area contributed by atoms with Crippen LogP contribution in [0.2, 0.25) is 0 Å². The molecule has 0 bridgehead atoms. The van der Waals surface area contributed by atoms with Gasteiger partial charge in [0.15, 0.2) is 0 Å². The largest absolute Gasteiger partial charge is 0.325 e. The number of benzene rings is 1. The minimum Gasteiger partial charge on any atom is -0.325 e. The molecule has 0 saturated carbocycles. The van der Waals surface area contributed by atoms with Crippen molar-refractivity contribution in [3.05, 3.63) is 30.3 Å². The zero-order chi connectivity index (χ0) is 18.0. The summed E-state index contributed by atoms with van der Waals surface area (Å²) in [6, 6.07) is 9.21. The van der Waals surface area contributed by atoms with Crippen molar-refractivity contribution in [3.8, 4) is 0 Å². The molecule has 0 spiro atoms. The normalized spacial score (nSPS) is 10.2. The van der Waals surface area contributed by atoms with Crippen LogP contribution in [0.5, 0.6) is 0 Å². The predicted octanol–water partition coefficient (Wildman–Crippen LogP) is 6.73. The molecule has 0 fully saturated rings. The fourth-order valence-electron chi connectivity index (χ4n) is 2.20. The molecule has 0 heterocycles. The first-order chi connectivity index (χ1) is 11.7. The van der Waals surface area contributed by atoms with E-state index in [0.717, 1.165) is 5.69 Å². The van der Waals surface area contributed by atoms with Crippen LogP contribution in [0.4, 0.5) is 5.69 Å². The first-order valence-electron chi connectivity index (χ1n) is 9.31. The first-order valence-corrected chi connectivity index (χ1v) is 11.7. The van der Waals surface area contributed by atoms with Gasteiger partial charge in [-0.15, -0.1) is 19.5 Å². The fraction of sp³-hybridized carbons (Fsp3) is 0.650. The van der Waals surface area contributed by atoms with Gasteiger partial charge in [0, 0.05) is 5.69 Å². The Bertz CT molecular complexity index is 381. The van der Waals surface area contributed by atoms with E-state index in [9.17, 15) is 4.79 Å². The summed E-state index contributed by atoms with van der Waals surface area (Å²) in [4.78, 5) is 10.7. The van der Waals surface area contributed by atoms with Crippen LogP contribution >= 0.6 is 19.5 Å². The van der Waals surface area contributed by atoms with Crippen molar-refractivity contribution in [2.24, 2.45) is 0 Å². The highest BCUT2D eigenvalue weighted by molar-refractivity contribution is 7.57. The number of hydrogen-bond donors (Lipinski definition) is 1. The number of rotatable bonds is 11. The van der Waals surface area contributed by atoms with Gasteiger partial charge in [-0.3, -0.25) is 4.79 Å². The topological polar surface area (TPSA) is 29.1 Å². The van der Waals surface area contributed by atoms with Gasteiger partial charge in [-0.05, 0) is 49.9 Å². The van der Waals surface area contributed by atoms with Gasteiger partial charge >= 0.3 is 0 Å². The van der Waals surface area contributed by atoms with E-state index in [4.69, 9.17) is 11.6 Å². The van der Waals surface area contributed by atoms with Crippen molar-refractivity contribution >= 4 is 31.1 Å².